The zero-order valence-electron chi connectivity index (χ0n) is 13.0. The van der Waals surface area contributed by atoms with Crippen molar-refractivity contribution in [1.82, 2.24) is 9.80 Å². The number of hydrogen-bond donors (Lipinski definition) is 1. The van der Waals surface area contributed by atoms with E-state index in [1.165, 1.54) is 4.88 Å². The fourth-order valence-electron chi connectivity index (χ4n) is 2.83. The van der Waals surface area contributed by atoms with Gasteiger partial charge in [-0.15, -0.1) is 11.3 Å². The van der Waals surface area contributed by atoms with Gasteiger partial charge in [0.05, 0.1) is 0 Å². The van der Waals surface area contributed by atoms with Crippen LogP contribution in [-0.4, -0.2) is 48.4 Å². The van der Waals surface area contributed by atoms with Crippen molar-refractivity contribution in [2.75, 3.05) is 32.7 Å². The van der Waals surface area contributed by atoms with Crippen LogP contribution in [0.25, 0.3) is 0 Å². The number of amides is 1. The van der Waals surface area contributed by atoms with E-state index >= 15 is 0 Å². The molecule has 1 saturated heterocycles. The second kappa shape index (κ2) is 8.51. The van der Waals surface area contributed by atoms with Gasteiger partial charge >= 0.3 is 0 Å². The van der Waals surface area contributed by atoms with Gasteiger partial charge in [0.15, 0.2) is 0 Å². The van der Waals surface area contributed by atoms with Gasteiger partial charge in [0.25, 0.3) is 0 Å². The smallest absolute Gasteiger partial charge is 0.225 e. The Morgan fingerprint density at radius 3 is 2.95 bits per heavy atom. The van der Waals surface area contributed by atoms with Crippen LogP contribution in [0.5, 0.6) is 0 Å². The van der Waals surface area contributed by atoms with Crippen molar-refractivity contribution in [3.8, 4) is 0 Å². The molecule has 0 aliphatic carbocycles. The summed E-state index contributed by atoms with van der Waals surface area (Å²) in [5.41, 5.74) is 5.53. The molecule has 2 heterocycles. The first kappa shape index (κ1) is 16.5. The minimum Gasteiger partial charge on any atom is -0.341 e. The molecule has 0 spiro atoms. The van der Waals surface area contributed by atoms with Crippen molar-refractivity contribution >= 4 is 17.2 Å². The summed E-state index contributed by atoms with van der Waals surface area (Å²) >= 11 is 1.81. The maximum Gasteiger partial charge on any atom is 0.225 e. The molecule has 1 aliphatic rings. The number of hydrogen-bond acceptors (Lipinski definition) is 4. The summed E-state index contributed by atoms with van der Waals surface area (Å²) in [4.78, 5) is 18.4. The fourth-order valence-corrected chi connectivity index (χ4v) is 3.58. The lowest BCUT2D eigenvalue weighted by Crippen LogP contribution is -2.38. The largest absolute Gasteiger partial charge is 0.341 e. The van der Waals surface area contributed by atoms with Crippen molar-refractivity contribution in [2.45, 2.75) is 32.7 Å². The van der Waals surface area contributed by atoms with Crippen LogP contribution in [0.2, 0.25) is 0 Å². The van der Waals surface area contributed by atoms with Gasteiger partial charge < -0.3 is 10.6 Å². The minimum atomic E-state index is 0.109. The van der Waals surface area contributed by atoms with Gasteiger partial charge in [0, 0.05) is 43.5 Å². The van der Waals surface area contributed by atoms with Crippen molar-refractivity contribution in [1.29, 1.82) is 0 Å². The van der Waals surface area contributed by atoms with E-state index in [1.54, 1.807) is 0 Å². The highest BCUT2D eigenvalue weighted by molar-refractivity contribution is 7.09. The van der Waals surface area contributed by atoms with Crippen LogP contribution < -0.4 is 5.73 Å². The third kappa shape index (κ3) is 5.09. The van der Waals surface area contributed by atoms with Gasteiger partial charge in [0.1, 0.15) is 0 Å². The molecule has 4 nitrogen and oxygen atoms in total. The van der Waals surface area contributed by atoms with Crippen LogP contribution in [0.3, 0.4) is 0 Å². The molecule has 1 atom stereocenters. The van der Waals surface area contributed by atoms with E-state index in [1.807, 2.05) is 18.3 Å². The van der Waals surface area contributed by atoms with E-state index in [9.17, 15) is 4.79 Å². The molecule has 2 rings (SSSR count). The van der Waals surface area contributed by atoms with E-state index in [0.717, 1.165) is 52.0 Å². The molecule has 1 aliphatic heterocycles. The minimum absolute atomic E-state index is 0.109. The standard InChI is InChI=1S/C16H27N3OS/c1-14(5-2-7-17)16(20)19-9-4-8-18(10-11-19)13-15-6-3-12-21-15/h3,6,12,14H,2,4-5,7-11,13,17H2,1H3. The maximum absolute atomic E-state index is 12.4. The van der Waals surface area contributed by atoms with Gasteiger partial charge in [0.2, 0.25) is 5.91 Å². The number of nitrogens with zero attached hydrogens (tertiary/aromatic N) is 2. The molecule has 5 heteroatoms. The van der Waals surface area contributed by atoms with E-state index < -0.39 is 0 Å². The molecule has 0 aromatic carbocycles. The molecule has 0 saturated carbocycles. The molecule has 21 heavy (non-hydrogen) atoms. The van der Waals surface area contributed by atoms with E-state index in [0.29, 0.717) is 12.5 Å². The molecule has 118 valence electrons. The Labute approximate surface area is 131 Å². The second-order valence-electron chi connectivity index (χ2n) is 5.87. The van der Waals surface area contributed by atoms with Gasteiger partial charge in [-0.05, 0) is 37.3 Å². The molecule has 1 fully saturated rings. The number of nitrogens with two attached hydrogens (primary N) is 1. The molecule has 1 aromatic heterocycles. The predicted octanol–water partition coefficient (Wildman–Crippen LogP) is 2.16. The summed E-state index contributed by atoms with van der Waals surface area (Å²) in [5.74, 6) is 0.416. The van der Waals surface area contributed by atoms with Crippen LogP contribution >= 0.6 is 11.3 Å². The quantitative estimate of drug-likeness (QED) is 0.876. The van der Waals surface area contributed by atoms with Gasteiger partial charge in [-0.3, -0.25) is 9.69 Å². The predicted molar refractivity (Wildman–Crippen MR) is 88.2 cm³/mol. The average molecular weight is 309 g/mol. The molecular weight excluding hydrogens is 282 g/mol. The lowest BCUT2D eigenvalue weighted by Gasteiger charge is -2.24. The summed E-state index contributed by atoms with van der Waals surface area (Å²) in [6, 6.07) is 4.29. The summed E-state index contributed by atoms with van der Waals surface area (Å²) in [6.07, 6.45) is 2.91. The highest BCUT2D eigenvalue weighted by Crippen LogP contribution is 2.16. The van der Waals surface area contributed by atoms with E-state index in [2.05, 4.69) is 27.3 Å². The summed E-state index contributed by atoms with van der Waals surface area (Å²) < 4.78 is 0. The van der Waals surface area contributed by atoms with Crippen molar-refractivity contribution in [2.24, 2.45) is 11.7 Å². The number of carbonyl (C=O) groups is 1. The first-order valence-electron chi connectivity index (χ1n) is 7.94. The Balaban J connectivity index is 1.81. The molecule has 0 bridgehead atoms. The molecule has 1 aromatic rings. The lowest BCUT2D eigenvalue weighted by molar-refractivity contribution is -0.135. The fraction of sp³-hybridized carbons (Fsp3) is 0.688. The third-order valence-electron chi connectivity index (χ3n) is 4.12. The number of carbonyl (C=O) groups excluding carboxylic acids is 1. The van der Waals surface area contributed by atoms with Crippen LogP contribution in [0.15, 0.2) is 17.5 Å². The highest BCUT2D eigenvalue weighted by atomic mass is 32.1. The van der Waals surface area contributed by atoms with E-state index in [-0.39, 0.29) is 5.92 Å². The summed E-state index contributed by atoms with van der Waals surface area (Å²) in [6.45, 7) is 7.54. The Hall–Kier alpha value is -0.910. The zero-order valence-corrected chi connectivity index (χ0v) is 13.8. The summed E-state index contributed by atoms with van der Waals surface area (Å²) in [7, 11) is 0. The van der Waals surface area contributed by atoms with Crippen LogP contribution in [0.1, 0.15) is 31.1 Å². The number of thiophene rings is 1. The van der Waals surface area contributed by atoms with Gasteiger partial charge in [-0.1, -0.05) is 13.0 Å². The SMILES string of the molecule is CC(CCCN)C(=O)N1CCCN(Cc2cccs2)CC1. The van der Waals surface area contributed by atoms with Gasteiger partial charge in [-0.25, -0.2) is 0 Å². The first-order chi connectivity index (χ1) is 10.2. The molecule has 0 radical (unpaired) electrons. The Morgan fingerprint density at radius 1 is 1.38 bits per heavy atom. The highest BCUT2D eigenvalue weighted by Gasteiger charge is 2.23. The summed E-state index contributed by atoms with van der Waals surface area (Å²) in [5, 5.41) is 2.13. The van der Waals surface area contributed by atoms with Crippen molar-refractivity contribution in [3.05, 3.63) is 22.4 Å². The van der Waals surface area contributed by atoms with Crippen LogP contribution in [0.4, 0.5) is 0 Å². The normalized spacial score (nSPS) is 18.5. The Bertz CT molecular complexity index is 421. The van der Waals surface area contributed by atoms with Crippen LogP contribution in [0, 0.1) is 5.92 Å². The number of rotatable bonds is 6. The monoisotopic (exact) mass is 309 g/mol. The molecule has 2 N–H and O–H groups in total. The average Bonchev–Trinajstić information content (AvgIpc) is 2.89. The topological polar surface area (TPSA) is 49.6 Å². The first-order valence-corrected chi connectivity index (χ1v) is 8.82. The van der Waals surface area contributed by atoms with Gasteiger partial charge in [-0.2, -0.15) is 0 Å². The molecular formula is C16H27N3OS. The van der Waals surface area contributed by atoms with Crippen molar-refractivity contribution in [3.63, 3.8) is 0 Å². The molecule has 1 unspecified atom stereocenters. The zero-order chi connectivity index (χ0) is 15.1. The third-order valence-corrected chi connectivity index (χ3v) is 4.98. The lowest BCUT2D eigenvalue weighted by atomic mass is 10.0. The van der Waals surface area contributed by atoms with Crippen LogP contribution in [-0.2, 0) is 11.3 Å². The Kier molecular flexibility index (Phi) is 6.67. The van der Waals surface area contributed by atoms with Crippen molar-refractivity contribution < 1.29 is 4.79 Å². The Morgan fingerprint density at radius 2 is 2.24 bits per heavy atom. The maximum atomic E-state index is 12.4. The second-order valence-corrected chi connectivity index (χ2v) is 6.90. The van der Waals surface area contributed by atoms with E-state index in [4.69, 9.17) is 5.73 Å². The molecule has 1 amide bonds.